The van der Waals surface area contributed by atoms with Crippen LogP contribution in [0.2, 0.25) is 0 Å². The summed E-state index contributed by atoms with van der Waals surface area (Å²) in [5.41, 5.74) is 1.13. The first-order valence-corrected chi connectivity index (χ1v) is 11.6. The Hall–Kier alpha value is -1.20. The Morgan fingerprint density at radius 2 is 1.14 bits per heavy atom. The van der Waals surface area contributed by atoms with E-state index in [9.17, 15) is 9.59 Å². The van der Waals surface area contributed by atoms with Crippen LogP contribution in [0.4, 0.5) is 0 Å². The van der Waals surface area contributed by atoms with Crippen LogP contribution in [-0.4, -0.2) is 11.9 Å². The molecule has 0 amide bonds. The van der Waals surface area contributed by atoms with Gasteiger partial charge in [-0.25, -0.2) is 0 Å². The Kier molecular flexibility index (Phi) is 3.34. The molecule has 21 heavy (non-hydrogen) atoms. The van der Waals surface area contributed by atoms with Crippen LogP contribution < -0.4 is 0 Å². The van der Waals surface area contributed by atoms with Crippen molar-refractivity contribution in [2.45, 2.75) is 0 Å². The number of carbonyl (C=O) groups excluding carboxylic acids is 2. The molecular formula is C14H8I2O5. The van der Waals surface area contributed by atoms with Crippen LogP contribution >= 0.6 is 41.3 Å². The van der Waals surface area contributed by atoms with Crippen molar-refractivity contribution in [2.24, 2.45) is 0 Å². The zero-order chi connectivity index (χ0) is 14.4. The summed E-state index contributed by atoms with van der Waals surface area (Å²) in [7, 11) is 0. The minimum atomic E-state index is -2.53. The number of benzene rings is 2. The number of carbonyl (C=O) groups is 2. The van der Waals surface area contributed by atoms with E-state index in [1.165, 1.54) is 0 Å². The van der Waals surface area contributed by atoms with Gasteiger partial charge in [-0.15, -0.1) is 0 Å². The molecule has 0 radical (unpaired) electrons. The SMILES string of the molecule is O=C1OI(OI2OC(=O)c3ccccc32)c2ccccc21. The number of hydrogen-bond acceptors (Lipinski definition) is 5. The summed E-state index contributed by atoms with van der Waals surface area (Å²) in [5.74, 6) is -0.684. The van der Waals surface area contributed by atoms with Gasteiger partial charge in [0.05, 0.1) is 0 Å². The molecule has 0 atom stereocenters. The molecule has 2 aromatic carbocycles. The van der Waals surface area contributed by atoms with Gasteiger partial charge in [0.25, 0.3) is 0 Å². The van der Waals surface area contributed by atoms with E-state index in [2.05, 4.69) is 0 Å². The molecule has 0 unspecified atom stereocenters. The van der Waals surface area contributed by atoms with Gasteiger partial charge < -0.3 is 0 Å². The van der Waals surface area contributed by atoms with Gasteiger partial charge in [0.2, 0.25) is 0 Å². The summed E-state index contributed by atoms with van der Waals surface area (Å²) >= 11 is -5.06. The van der Waals surface area contributed by atoms with Crippen molar-refractivity contribution >= 4 is 53.2 Å². The monoisotopic (exact) mass is 510 g/mol. The van der Waals surface area contributed by atoms with Crippen molar-refractivity contribution in [1.82, 2.24) is 0 Å². The molecule has 2 aromatic rings. The molecule has 0 fully saturated rings. The third-order valence-electron chi connectivity index (χ3n) is 2.91. The summed E-state index contributed by atoms with van der Waals surface area (Å²) in [6.07, 6.45) is 0. The molecule has 4 rings (SSSR count). The molecular weight excluding hydrogens is 502 g/mol. The van der Waals surface area contributed by atoms with Crippen LogP contribution in [0.15, 0.2) is 48.5 Å². The topological polar surface area (TPSA) is 61.8 Å². The predicted molar refractivity (Wildman–Crippen MR) is 90.2 cm³/mol. The summed E-state index contributed by atoms with van der Waals surface area (Å²) in [6.45, 7) is 0. The Labute approximate surface area is 136 Å². The van der Waals surface area contributed by atoms with E-state index in [0.717, 1.165) is 7.14 Å². The van der Waals surface area contributed by atoms with Crippen LogP contribution in [0.1, 0.15) is 20.7 Å². The maximum absolute atomic E-state index is 11.8. The van der Waals surface area contributed by atoms with E-state index < -0.39 is 41.3 Å². The van der Waals surface area contributed by atoms with Crippen LogP contribution in [0.5, 0.6) is 0 Å². The van der Waals surface area contributed by atoms with Crippen LogP contribution in [-0.2, 0) is 7.53 Å². The first-order valence-electron chi connectivity index (χ1n) is 5.97. The van der Waals surface area contributed by atoms with Crippen molar-refractivity contribution in [3.63, 3.8) is 0 Å². The van der Waals surface area contributed by atoms with Gasteiger partial charge in [-0.1, -0.05) is 0 Å². The number of hydrogen-bond donors (Lipinski definition) is 0. The third-order valence-corrected chi connectivity index (χ3v) is 12.9. The fourth-order valence-electron chi connectivity index (χ4n) is 1.95. The van der Waals surface area contributed by atoms with Crippen LogP contribution in [0.25, 0.3) is 0 Å². The predicted octanol–water partition coefficient (Wildman–Crippen LogP) is 3.76. The van der Waals surface area contributed by atoms with E-state index >= 15 is 0 Å². The molecule has 7 heteroatoms. The van der Waals surface area contributed by atoms with E-state index in [0.29, 0.717) is 11.1 Å². The molecule has 0 saturated heterocycles. The molecule has 0 saturated carbocycles. The summed E-state index contributed by atoms with van der Waals surface area (Å²) in [4.78, 5) is 23.6. The van der Waals surface area contributed by atoms with Gasteiger partial charge in [0.15, 0.2) is 0 Å². The molecule has 0 N–H and O–H groups in total. The molecule has 0 spiro atoms. The van der Waals surface area contributed by atoms with Crippen molar-refractivity contribution < 1.29 is 17.1 Å². The fourth-order valence-corrected chi connectivity index (χ4v) is 12.3. The standard InChI is InChI=1S/C14H8I2O5/c17-13-9-5-1-3-7-11(9)15(19-13)21-16-12-8-4-2-6-10(12)14(18)20-16/h1-8H. The molecule has 0 aromatic heterocycles. The maximum atomic E-state index is 11.8. The molecule has 2 aliphatic rings. The van der Waals surface area contributed by atoms with Crippen molar-refractivity contribution in [1.29, 1.82) is 0 Å². The van der Waals surface area contributed by atoms with Gasteiger partial charge in [-0.2, -0.15) is 0 Å². The Morgan fingerprint density at radius 3 is 1.62 bits per heavy atom. The van der Waals surface area contributed by atoms with Crippen LogP contribution in [0, 0.1) is 7.14 Å². The van der Waals surface area contributed by atoms with Crippen molar-refractivity contribution in [2.75, 3.05) is 0 Å². The average Bonchev–Trinajstić information content (AvgIpc) is 3.00. The molecule has 0 bridgehead atoms. The first-order chi connectivity index (χ1) is 10.2. The van der Waals surface area contributed by atoms with E-state index in [1.807, 2.05) is 24.3 Å². The Morgan fingerprint density at radius 1 is 0.714 bits per heavy atom. The van der Waals surface area contributed by atoms with Gasteiger partial charge in [0, 0.05) is 0 Å². The molecule has 0 aliphatic carbocycles. The second-order valence-corrected chi connectivity index (χ2v) is 12.4. The normalized spacial score (nSPS) is 19.0. The minimum absolute atomic E-state index is 0.342. The van der Waals surface area contributed by atoms with Crippen LogP contribution in [0.3, 0.4) is 0 Å². The third kappa shape index (κ3) is 2.23. The molecule has 5 nitrogen and oxygen atoms in total. The first kappa shape index (κ1) is 13.5. The molecule has 2 aliphatic heterocycles. The zero-order valence-corrected chi connectivity index (χ0v) is 14.7. The van der Waals surface area contributed by atoms with Gasteiger partial charge in [-0.05, 0) is 0 Å². The summed E-state index contributed by atoms with van der Waals surface area (Å²) in [6, 6.07) is 14.5. The Bertz CT molecular complexity index is 697. The molecule has 2 heterocycles. The van der Waals surface area contributed by atoms with E-state index in [1.54, 1.807) is 24.3 Å². The van der Waals surface area contributed by atoms with E-state index in [-0.39, 0.29) is 11.9 Å². The summed E-state index contributed by atoms with van der Waals surface area (Å²) in [5, 5.41) is 0. The summed E-state index contributed by atoms with van der Waals surface area (Å²) < 4.78 is 18.4. The van der Waals surface area contributed by atoms with E-state index in [4.69, 9.17) is 7.53 Å². The zero-order valence-electron chi connectivity index (χ0n) is 10.4. The molecule has 108 valence electrons. The Balaban J connectivity index is 1.64. The fraction of sp³-hybridized carbons (Fsp3) is 0. The quantitative estimate of drug-likeness (QED) is 0.577. The second kappa shape index (κ2) is 5.21. The number of fused-ring (bicyclic) bond motifs is 2. The number of rotatable bonds is 2. The van der Waals surface area contributed by atoms with Crippen molar-refractivity contribution in [3.05, 3.63) is 66.8 Å². The number of halogens is 2. The van der Waals surface area contributed by atoms with Gasteiger partial charge in [-0.3, -0.25) is 0 Å². The van der Waals surface area contributed by atoms with Gasteiger partial charge >= 0.3 is 137 Å². The van der Waals surface area contributed by atoms with Crippen molar-refractivity contribution in [3.8, 4) is 0 Å². The average molecular weight is 510 g/mol. The van der Waals surface area contributed by atoms with Gasteiger partial charge in [0.1, 0.15) is 0 Å². The second-order valence-electron chi connectivity index (χ2n) is 4.18.